The average molecular weight is 385 g/mol. The Morgan fingerprint density at radius 3 is 2.61 bits per heavy atom. The summed E-state index contributed by atoms with van der Waals surface area (Å²) in [6.07, 6.45) is -0.666. The van der Waals surface area contributed by atoms with Crippen LogP contribution in [0.1, 0.15) is 0 Å². The highest BCUT2D eigenvalue weighted by molar-refractivity contribution is 5.76. The van der Waals surface area contributed by atoms with Crippen LogP contribution in [0.25, 0.3) is 11.3 Å². The number of nitrogens with zero attached hydrogens (tertiary/aromatic N) is 3. The number of aliphatic hydroxyl groups excluding tert-OH is 1. The van der Waals surface area contributed by atoms with Gasteiger partial charge in [-0.05, 0) is 0 Å². The number of rotatable bonds is 3. The molecule has 9 heteroatoms. The molecule has 1 aromatic heterocycles. The summed E-state index contributed by atoms with van der Waals surface area (Å²) in [5, 5.41) is 19.4. The van der Waals surface area contributed by atoms with Crippen LogP contribution >= 0.6 is 0 Å². The van der Waals surface area contributed by atoms with Crippen LogP contribution in [0.2, 0.25) is 0 Å². The number of benzene rings is 1. The maximum Gasteiger partial charge on any atom is 0.317 e. The number of hydrogen-bond donors (Lipinski definition) is 3. The summed E-state index contributed by atoms with van der Waals surface area (Å²) in [6, 6.07) is 10.7. The molecule has 2 saturated heterocycles. The van der Waals surface area contributed by atoms with Crippen molar-refractivity contribution in [2.24, 2.45) is 0 Å². The van der Waals surface area contributed by atoms with Gasteiger partial charge in [-0.2, -0.15) is 5.10 Å². The van der Waals surface area contributed by atoms with E-state index in [0.29, 0.717) is 38.5 Å². The van der Waals surface area contributed by atoms with E-state index in [9.17, 15) is 14.7 Å². The number of aromatic amines is 1. The van der Waals surface area contributed by atoms with Crippen molar-refractivity contribution in [1.29, 1.82) is 0 Å². The standard InChI is InChI=1S/C19H23N5O4/c25-16-12-28-11-14(16)20-19(27)24-8-6-23(7-9-24)15-10-17(26)21-22-18(15)13-4-2-1-3-5-13/h1-5,10,14,16,25H,6-9,11-12H2,(H,20,27)(H,21,26)/t14-,16-/m0/s1. The van der Waals surface area contributed by atoms with Gasteiger partial charge in [0.2, 0.25) is 0 Å². The minimum atomic E-state index is -0.666. The lowest BCUT2D eigenvalue weighted by Crippen LogP contribution is -2.55. The van der Waals surface area contributed by atoms with Gasteiger partial charge in [-0.15, -0.1) is 0 Å². The maximum absolute atomic E-state index is 12.4. The maximum atomic E-state index is 12.4. The monoisotopic (exact) mass is 385 g/mol. The highest BCUT2D eigenvalue weighted by atomic mass is 16.5. The molecule has 3 heterocycles. The third-order valence-corrected chi connectivity index (χ3v) is 5.10. The van der Waals surface area contributed by atoms with Crippen LogP contribution in [0.15, 0.2) is 41.2 Å². The van der Waals surface area contributed by atoms with E-state index in [2.05, 4.69) is 20.4 Å². The van der Waals surface area contributed by atoms with Crippen LogP contribution in [-0.2, 0) is 4.74 Å². The SMILES string of the molecule is O=C(N[C@H]1COC[C@@H]1O)N1CCN(c2cc(=O)[nH]nc2-c2ccccc2)CC1. The minimum absolute atomic E-state index is 0.207. The van der Waals surface area contributed by atoms with Crippen LogP contribution < -0.4 is 15.8 Å². The zero-order valence-corrected chi connectivity index (χ0v) is 15.4. The molecule has 0 unspecified atom stereocenters. The van der Waals surface area contributed by atoms with Crippen molar-refractivity contribution < 1.29 is 14.6 Å². The number of H-pyrrole nitrogens is 1. The van der Waals surface area contributed by atoms with Crippen LogP contribution in [-0.4, -0.2) is 77.8 Å². The fourth-order valence-corrected chi connectivity index (χ4v) is 3.52. The van der Waals surface area contributed by atoms with Crippen LogP contribution in [0.3, 0.4) is 0 Å². The highest BCUT2D eigenvalue weighted by Crippen LogP contribution is 2.27. The van der Waals surface area contributed by atoms with Crippen molar-refractivity contribution in [2.45, 2.75) is 12.1 Å². The summed E-state index contributed by atoms with van der Waals surface area (Å²) < 4.78 is 5.17. The quantitative estimate of drug-likeness (QED) is 0.687. The second-order valence-electron chi connectivity index (χ2n) is 6.97. The fraction of sp³-hybridized carbons (Fsp3) is 0.421. The molecule has 0 bridgehead atoms. The topological polar surface area (TPSA) is 111 Å². The highest BCUT2D eigenvalue weighted by Gasteiger charge is 2.30. The summed E-state index contributed by atoms with van der Waals surface area (Å²) in [5.41, 5.74) is 2.13. The number of aliphatic hydroxyl groups is 1. The van der Waals surface area contributed by atoms with Gasteiger partial charge in [-0.3, -0.25) is 4.79 Å². The van der Waals surface area contributed by atoms with Crippen LogP contribution in [0, 0.1) is 0 Å². The summed E-state index contributed by atoms with van der Waals surface area (Å²) in [6.45, 7) is 2.76. The van der Waals surface area contributed by atoms with Gasteiger partial charge < -0.3 is 25.0 Å². The van der Waals surface area contributed by atoms with Gasteiger partial charge in [-0.1, -0.05) is 30.3 Å². The van der Waals surface area contributed by atoms with E-state index in [0.717, 1.165) is 11.3 Å². The first kappa shape index (κ1) is 18.5. The summed E-state index contributed by atoms with van der Waals surface area (Å²) in [4.78, 5) is 28.1. The van der Waals surface area contributed by atoms with E-state index in [1.165, 1.54) is 0 Å². The number of carbonyl (C=O) groups is 1. The van der Waals surface area contributed by atoms with Gasteiger partial charge >= 0.3 is 6.03 Å². The molecule has 3 N–H and O–H groups in total. The van der Waals surface area contributed by atoms with E-state index in [1.807, 2.05) is 30.3 Å². The van der Waals surface area contributed by atoms with Gasteiger partial charge in [0.15, 0.2) is 0 Å². The van der Waals surface area contributed by atoms with Gasteiger partial charge in [0, 0.05) is 37.8 Å². The number of urea groups is 1. The largest absolute Gasteiger partial charge is 0.388 e. The molecular weight excluding hydrogens is 362 g/mol. The zero-order chi connectivity index (χ0) is 19.5. The number of nitrogens with one attached hydrogen (secondary N) is 2. The summed E-state index contributed by atoms with van der Waals surface area (Å²) in [7, 11) is 0. The predicted octanol–water partition coefficient (Wildman–Crippen LogP) is 0.0282. The molecule has 0 saturated carbocycles. The molecule has 2 aliphatic heterocycles. The normalized spacial score (nSPS) is 22.3. The molecule has 0 spiro atoms. The Balaban J connectivity index is 1.45. The molecule has 2 aromatic rings. The predicted molar refractivity (Wildman–Crippen MR) is 103 cm³/mol. The second kappa shape index (κ2) is 7.99. The lowest BCUT2D eigenvalue weighted by Gasteiger charge is -2.37. The molecule has 0 radical (unpaired) electrons. The Morgan fingerprint density at radius 1 is 1.18 bits per heavy atom. The molecular formula is C19H23N5O4. The number of hydrogen-bond acceptors (Lipinski definition) is 6. The minimum Gasteiger partial charge on any atom is -0.388 e. The molecule has 4 rings (SSSR count). The molecule has 2 fully saturated rings. The first-order valence-electron chi connectivity index (χ1n) is 9.33. The third kappa shape index (κ3) is 3.85. The molecule has 148 valence electrons. The van der Waals surface area contributed by atoms with Crippen molar-refractivity contribution >= 4 is 11.7 Å². The Labute approximate surface area is 161 Å². The van der Waals surface area contributed by atoms with Crippen molar-refractivity contribution in [3.63, 3.8) is 0 Å². The van der Waals surface area contributed by atoms with E-state index in [-0.39, 0.29) is 24.2 Å². The summed E-state index contributed by atoms with van der Waals surface area (Å²) >= 11 is 0. The smallest absolute Gasteiger partial charge is 0.317 e. The third-order valence-electron chi connectivity index (χ3n) is 5.10. The fourth-order valence-electron chi connectivity index (χ4n) is 3.52. The molecule has 28 heavy (non-hydrogen) atoms. The molecule has 1 aromatic carbocycles. The van der Waals surface area contributed by atoms with Gasteiger partial charge in [0.25, 0.3) is 5.56 Å². The van der Waals surface area contributed by atoms with Gasteiger partial charge in [0.05, 0.1) is 31.0 Å². The molecule has 2 aliphatic rings. The van der Waals surface area contributed by atoms with Crippen molar-refractivity contribution in [3.05, 3.63) is 46.8 Å². The second-order valence-corrected chi connectivity index (χ2v) is 6.97. The molecule has 2 atom stereocenters. The lowest BCUT2D eigenvalue weighted by atomic mass is 10.1. The number of amides is 2. The lowest BCUT2D eigenvalue weighted by molar-refractivity contribution is 0.121. The average Bonchev–Trinajstić information content (AvgIpc) is 3.13. The Bertz CT molecular complexity index is 879. The first-order chi connectivity index (χ1) is 13.6. The molecule has 9 nitrogen and oxygen atoms in total. The van der Waals surface area contributed by atoms with Gasteiger partial charge in [-0.25, -0.2) is 9.89 Å². The van der Waals surface area contributed by atoms with Gasteiger partial charge in [0.1, 0.15) is 5.69 Å². The Hall–Kier alpha value is -2.91. The number of piperazine rings is 1. The van der Waals surface area contributed by atoms with Crippen LogP contribution in [0.4, 0.5) is 10.5 Å². The van der Waals surface area contributed by atoms with Crippen molar-refractivity contribution in [2.75, 3.05) is 44.3 Å². The zero-order valence-electron chi connectivity index (χ0n) is 15.4. The number of carbonyl (C=O) groups excluding carboxylic acids is 1. The first-order valence-corrected chi connectivity index (χ1v) is 9.33. The van der Waals surface area contributed by atoms with Crippen molar-refractivity contribution in [1.82, 2.24) is 20.4 Å². The molecule has 2 amide bonds. The van der Waals surface area contributed by atoms with E-state index in [1.54, 1.807) is 11.0 Å². The molecule has 0 aliphatic carbocycles. The number of anilines is 1. The van der Waals surface area contributed by atoms with E-state index < -0.39 is 6.10 Å². The Kier molecular flexibility index (Phi) is 5.27. The van der Waals surface area contributed by atoms with Crippen molar-refractivity contribution in [3.8, 4) is 11.3 Å². The van der Waals surface area contributed by atoms with E-state index in [4.69, 9.17) is 4.74 Å². The van der Waals surface area contributed by atoms with E-state index >= 15 is 0 Å². The summed E-state index contributed by atoms with van der Waals surface area (Å²) in [5.74, 6) is 0. The number of aromatic nitrogens is 2. The number of ether oxygens (including phenoxy) is 1. The Morgan fingerprint density at radius 2 is 1.93 bits per heavy atom. The van der Waals surface area contributed by atoms with Crippen LogP contribution in [0.5, 0.6) is 0 Å².